The second-order valence-electron chi connectivity index (χ2n) is 8.51. The van der Waals surface area contributed by atoms with E-state index in [9.17, 15) is 13.2 Å². The fraction of sp³-hybridized carbons (Fsp3) is 0.296. The van der Waals surface area contributed by atoms with E-state index < -0.39 is 10.0 Å². The molecule has 0 radical (unpaired) electrons. The van der Waals surface area contributed by atoms with E-state index in [1.807, 2.05) is 18.2 Å². The Kier molecular flexibility index (Phi) is 8.40. The van der Waals surface area contributed by atoms with Gasteiger partial charge in [0.25, 0.3) is 10.0 Å². The number of nitrogens with zero attached hydrogens (tertiary/aromatic N) is 2. The van der Waals surface area contributed by atoms with Crippen LogP contribution in [0.15, 0.2) is 77.7 Å². The summed E-state index contributed by atoms with van der Waals surface area (Å²) in [6.07, 6.45) is 0. The number of likely N-dealkylation sites (N-methyl/N-ethyl adjacent to an activating group) is 1. The maximum atomic E-state index is 13.5. The van der Waals surface area contributed by atoms with Crippen molar-refractivity contribution in [3.63, 3.8) is 0 Å². The summed E-state index contributed by atoms with van der Waals surface area (Å²) < 4.78 is 38.9. The molecular formula is C27H32N2O5S. The first-order valence-electron chi connectivity index (χ1n) is 11.3. The van der Waals surface area contributed by atoms with E-state index >= 15 is 0 Å². The van der Waals surface area contributed by atoms with E-state index in [0.717, 1.165) is 11.1 Å². The molecule has 0 fully saturated rings. The number of rotatable bonds is 10. The number of methoxy groups -OCH3 is 2. The van der Waals surface area contributed by atoms with Crippen molar-refractivity contribution in [1.29, 1.82) is 0 Å². The largest absolute Gasteiger partial charge is 0.493 e. The highest BCUT2D eigenvalue weighted by Gasteiger charge is 2.28. The molecule has 0 saturated carbocycles. The summed E-state index contributed by atoms with van der Waals surface area (Å²) in [5, 5.41) is 0. The molecule has 0 saturated heterocycles. The Balaban J connectivity index is 1.88. The zero-order valence-corrected chi connectivity index (χ0v) is 21.6. The fourth-order valence-electron chi connectivity index (χ4n) is 3.64. The van der Waals surface area contributed by atoms with Gasteiger partial charge >= 0.3 is 0 Å². The van der Waals surface area contributed by atoms with E-state index in [1.165, 1.54) is 21.3 Å². The normalized spacial score (nSPS) is 11.3. The van der Waals surface area contributed by atoms with Gasteiger partial charge < -0.3 is 14.4 Å². The van der Waals surface area contributed by atoms with Crippen LogP contribution in [0.4, 0.5) is 5.69 Å². The molecule has 3 rings (SSSR count). The summed E-state index contributed by atoms with van der Waals surface area (Å²) in [7, 11) is 0.795. The van der Waals surface area contributed by atoms with Crippen molar-refractivity contribution in [2.24, 2.45) is 0 Å². The summed E-state index contributed by atoms with van der Waals surface area (Å²) in [5.74, 6) is 1.12. The quantitative estimate of drug-likeness (QED) is 0.407. The summed E-state index contributed by atoms with van der Waals surface area (Å²) in [6.45, 7) is 4.09. The fourth-order valence-corrected chi connectivity index (χ4v) is 5.08. The molecule has 0 spiro atoms. The van der Waals surface area contributed by atoms with Crippen LogP contribution in [0.25, 0.3) is 0 Å². The summed E-state index contributed by atoms with van der Waals surface area (Å²) >= 11 is 0. The predicted molar refractivity (Wildman–Crippen MR) is 138 cm³/mol. The Morgan fingerprint density at radius 2 is 1.51 bits per heavy atom. The molecule has 1 amide bonds. The van der Waals surface area contributed by atoms with E-state index in [0.29, 0.717) is 23.1 Å². The van der Waals surface area contributed by atoms with Gasteiger partial charge in [0.15, 0.2) is 11.5 Å². The van der Waals surface area contributed by atoms with Gasteiger partial charge in [-0.3, -0.25) is 9.10 Å². The van der Waals surface area contributed by atoms with Crippen LogP contribution >= 0.6 is 0 Å². The van der Waals surface area contributed by atoms with Crippen LogP contribution in [0.2, 0.25) is 0 Å². The molecule has 3 aromatic carbocycles. The zero-order chi connectivity index (χ0) is 25.6. The lowest BCUT2D eigenvalue weighted by molar-refractivity contribution is -0.128. The maximum Gasteiger partial charge on any atom is 0.264 e. The standard InChI is InChI=1S/C27H32N2O5S/c1-20(2)22-12-14-23(15-13-22)29(35(31,32)24-9-7-6-8-10-24)19-27(30)28(3)18-21-11-16-25(33-4)26(17-21)34-5/h6-17,20H,18-19H2,1-5H3. The van der Waals surface area contributed by atoms with Crippen LogP contribution in [-0.2, 0) is 21.4 Å². The van der Waals surface area contributed by atoms with Gasteiger partial charge in [-0.15, -0.1) is 0 Å². The topological polar surface area (TPSA) is 76.2 Å². The number of carbonyl (C=O) groups excluding carboxylic acids is 1. The second-order valence-corrected chi connectivity index (χ2v) is 10.4. The molecule has 186 valence electrons. The lowest BCUT2D eigenvalue weighted by Crippen LogP contribution is -2.41. The van der Waals surface area contributed by atoms with Crippen LogP contribution in [0, 0.1) is 0 Å². The molecule has 0 atom stereocenters. The minimum Gasteiger partial charge on any atom is -0.493 e. The smallest absolute Gasteiger partial charge is 0.264 e. The van der Waals surface area contributed by atoms with Gasteiger partial charge in [0.1, 0.15) is 6.54 Å². The van der Waals surface area contributed by atoms with Crippen LogP contribution < -0.4 is 13.8 Å². The van der Waals surface area contributed by atoms with Crippen LogP contribution in [0.1, 0.15) is 30.9 Å². The third-order valence-corrected chi connectivity index (χ3v) is 7.54. The highest BCUT2D eigenvalue weighted by Crippen LogP contribution is 2.29. The first-order valence-corrected chi connectivity index (χ1v) is 12.7. The summed E-state index contributed by atoms with van der Waals surface area (Å²) in [5.41, 5.74) is 2.35. The Morgan fingerprint density at radius 1 is 0.886 bits per heavy atom. The molecule has 0 aliphatic heterocycles. The third-order valence-electron chi connectivity index (χ3n) is 5.75. The van der Waals surface area contributed by atoms with Gasteiger partial charge in [-0.25, -0.2) is 8.42 Å². The number of benzene rings is 3. The molecule has 0 aliphatic rings. The van der Waals surface area contributed by atoms with Crippen LogP contribution in [-0.4, -0.2) is 47.0 Å². The van der Waals surface area contributed by atoms with Crippen molar-refractivity contribution in [2.45, 2.75) is 31.2 Å². The number of sulfonamides is 1. The van der Waals surface area contributed by atoms with E-state index in [-0.39, 0.29) is 23.9 Å². The molecular weight excluding hydrogens is 464 g/mol. The first kappa shape index (κ1) is 26.1. The van der Waals surface area contributed by atoms with Gasteiger partial charge in [0.05, 0.1) is 24.8 Å². The predicted octanol–water partition coefficient (Wildman–Crippen LogP) is 4.68. The highest BCUT2D eigenvalue weighted by molar-refractivity contribution is 7.92. The molecule has 0 unspecified atom stereocenters. The third kappa shape index (κ3) is 6.14. The number of ether oxygens (including phenoxy) is 2. The average molecular weight is 497 g/mol. The average Bonchev–Trinajstić information content (AvgIpc) is 2.87. The molecule has 0 N–H and O–H groups in total. The molecule has 0 aromatic heterocycles. The highest BCUT2D eigenvalue weighted by atomic mass is 32.2. The number of amides is 1. The van der Waals surface area contributed by atoms with Crippen molar-refractivity contribution in [3.05, 3.63) is 83.9 Å². The van der Waals surface area contributed by atoms with Gasteiger partial charge in [0.2, 0.25) is 5.91 Å². The van der Waals surface area contributed by atoms with Gasteiger partial charge in [0, 0.05) is 13.6 Å². The van der Waals surface area contributed by atoms with E-state index in [4.69, 9.17) is 9.47 Å². The number of carbonyl (C=O) groups is 1. The van der Waals surface area contributed by atoms with Crippen molar-refractivity contribution in [2.75, 3.05) is 32.1 Å². The maximum absolute atomic E-state index is 13.5. The Labute approximate surface area is 207 Å². The van der Waals surface area contributed by atoms with Crippen LogP contribution in [0.3, 0.4) is 0 Å². The SMILES string of the molecule is COc1ccc(CN(C)C(=O)CN(c2ccc(C(C)C)cc2)S(=O)(=O)c2ccccc2)cc1OC. The molecule has 0 aliphatic carbocycles. The Hall–Kier alpha value is -3.52. The Bertz CT molecular complexity index is 1240. The van der Waals surface area contributed by atoms with E-state index in [1.54, 1.807) is 63.7 Å². The monoisotopic (exact) mass is 496 g/mol. The van der Waals surface area contributed by atoms with E-state index in [2.05, 4.69) is 13.8 Å². The summed E-state index contributed by atoms with van der Waals surface area (Å²) in [4.78, 5) is 14.9. The van der Waals surface area contributed by atoms with Crippen LogP contribution in [0.5, 0.6) is 11.5 Å². The molecule has 0 heterocycles. The summed E-state index contributed by atoms with van der Waals surface area (Å²) in [6, 6.07) is 20.8. The van der Waals surface area contributed by atoms with Crippen molar-refractivity contribution < 1.29 is 22.7 Å². The van der Waals surface area contributed by atoms with Crippen molar-refractivity contribution in [3.8, 4) is 11.5 Å². The Morgan fingerprint density at radius 3 is 2.09 bits per heavy atom. The second kappa shape index (κ2) is 11.3. The molecule has 7 nitrogen and oxygen atoms in total. The lowest BCUT2D eigenvalue weighted by Gasteiger charge is -2.27. The zero-order valence-electron chi connectivity index (χ0n) is 20.8. The molecule has 3 aromatic rings. The minimum absolute atomic E-state index is 0.128. The molecule has 8 heteroatoms. The van der Waals surface area contributed by atoms with Crippen molar-refractivity contribution in [1.82, 2.24) is 4.90 Å². The first-order chi connectivity index (χ1) is 16.7. The van der Waals surface area contributed by atoms with Gasteiger partial charge in [-0.05, 0) is 53.4 Å². The lowest BCUT2D eigenvalue weighted by atomic mass is 10.0. The van der Waals surface area contributed by atoms with Gasteiger partial charge in [-0.2, -0.15) is 0 Å². The molecule has 0 bridgehead atoms. The number of hydrogen-bond donors (Lipinski definition) is 0. The molecule has 35 heavy (non-hydrogen) atoms. The minimum atomic E-state index is -3.96. The van der Waals surface area contributed by atoms with Gasteiger partial charge in [-0.1, -0.05) is 50.2 Å². The number of hydrogen-bond acceptors (Lipinski definition) is 5. The number of anilines is 1. The van der Waals surface area contributed by atoms with Crippen molar-refractivity contribution >= 4 is 21.6 Å².